The molecule has 4 aliphatic rings. The third kappa shape index (κ3) is 3.02. The fourth-order valence-electron chi connectivity index (χ4n) is 7.17. The lowest BCUT2D eigenvalue weighted by Crippen LogP contribution is -2.65. The second-order valence-electron chi connectivity index (χ2n) is 11.2. The summed E-state index contributed by atoms with van der Waals surface area (Å²) >= 11 is 0. The van der Waals surface area contributed by atoms with E-state index in [-0.39, 0.29) is 35.6 Å². The van der Waals surface area contributed by atoms with E-state index in [9.17, 15) is 24.9 Å². The van der Waals surface area contributed by atoms with Gasteiger partial charge in [0.1, 0.15) is 24.4 Å². The minimum atomic E-state index is -2.08. The van der Waals surface area contributed by atoms with Crippen molar-refractivity contribution in [1.82, 2.24) is 0 Å². The predicted octanol–water partition coefficient (Wildman–Crippen LogP) is 2.95. The van der Waals surface area contributed by atoms with Crippen molar-refractivity contribution < 1.29 is 29.6 Å². The van der Waals surface area contributed by atoms with Crippen molar-refractivity contribution in [1.29, 1.82) is 0 Å². The first-order valence-corrected chi connectivity index (χ1v) is 12.1. The number of hydrogen-bond acceptors (Lipinski definition) is 6. The maximum absolute atomic E-state index is 14.1. The number of carbonyl (C=O) groups excluding carboxylic acids is 2. The fourth-order valence-corrected chi connectivity index (χ4v) is 7.17. The van der Waals surface area contributed by atoms with E-state index in [0.29, 0.717) is 23.5 Å². The van der Waals surface area contributed by atoms with Gasteiger partial charge in [0, 0.05) is 12.3 Å². The molecule has 1 spiro atoms. The summed E-state index contributed by atoms with van der Waals surface area (Å²) in [6.07, 6.45) is 4.30. The smallest absolute Gasteiger partial charge is 0.306 e. The third-order valence-corrected chi connectivity index (χ3v) is 9.13. The second-order valence-corrected chi connectivity index (χ2v) is 11.2. The highest BCUT2D eigenvalue weighted by Gasteiger charge is 2.75. The largest absolute Gasteiger partial charge is 0.461 e. The molecule has 4 rings (SSSR count). The highest BCUT2D eigenvalue weighted by molar-refractivity contribution is 5.95. The summed E-state index contributed by atoms with van der Waals surface area (Å²) in [7, 11) is 0. The number of Topliss-reactive ketones (excluding diaryl/α,β-unsaturated/α-hetero) is 1. The van der Waals surface area contributed by atoms with Gasteiger partial charge in [-0.15, -0.1) is 0 Å². The van der Waals surface area contributed by atoms with Crippen molar-refractivity contribution in [3.63, 3.8) is 0 Å². The van der Waals surface area contributed by atoms with Crippen molar-refractivity contribution in [3.8, 4) is 0 Å². The number of unbranched alkanes of at least 4 members (excludes halogenated alkanes) is 2. The van der Waals surface area contributed by atoms with Crippen LogP contribution in [0.5, 0.6) is 0 Å². The van der Waals surface area contributed by atoms with E-state index in [1.165, 1.54) is 0 Å². The zero-order valence-electron chi connectivity index (χ0n) is 19.9. The van der Waals surface area contributed by atoms with Crippen LogP contribution in [0.4, 0.5) is 0 Å². The molecule has 6 heteroatoms. The Morgan fingerprint density at radius 3 is 2.56 bits per heavy atom. The van der Waals surface area contributed by atoms with Crippen LogP contribution in [0.25, 0.3) is 0 Å². The van der Waals surface area contributed by atoms with Gasteiger partial charge in [-0.25, -0.2) is 0 Å². The molecule has 32 heavy (non-hydrogen) atoms. The normalized spacial score (nSPS) is 43.9. The van der Waals surface area contributed by atoms with Crippen LogP contribution < -0.4 is 0 Å². The van der Waals surface area contributed by atoms with E-state index in [4.69, 9.17) is 4.74 Å². The number of ketones is 1. The summed E-state index contributed by atoms with van der Waals surface area (Å²) in [6, 6.07) is 0. The van der Waals surface area contributed by atoms with Crippen LogP contribution in [0.15, 0.2) is 23.3 Å². The minimum Gasteiger partial charge on any atom is -0.461 e. The number of esters is 1. The SMILES string of the molecule is CCCCCC(=O)OCC1=C[C@@H]2C(=O)[C@]3(C=C(C)[C@H](O)[C@@]3(O)[C@@H]1O)[C@H](C)C[C@@H]1[C@H]2C1(C)C. The van der Waals surface area contributed by atoms with Gasteiger partial charge in [-0.2, -0.15) is 0 Å². The number of allylic oxidation sites excluding steroid dienone is 1. The van der Waals surface area contributed by atoms with Crippen molar-refractivity contribution in [3.05, 3.63) is 23.3 Å². The summed E-state index contributed by atoms with van der Waals surface area (Å²) in [5.41, 5.74) is -2.65. The predicted molar refractivity (Wildman–Crippen MR) is 119 cm³/mol. The van der Waals surface area contributed by atoms with Gasteiger partial charge >= 0.3 is 5.97 Å². The molecule has 3 N–H and O–H groups in total. The Hall–Kier alpha value is -1.50. The number of rotatable bonds is 6. The molecule has 0 unspecified atom stereocenters. The van der Waals surface area contributed by atoms with Crippen LogP contribution in [-0.4, -0.2) is 51.5 Å². The number of hydrogen-bond donors (Lipinski definition) is 3. The Kier molecular flexibility index (Phi) is 5.75. The van der Waals surface area contributed by atoms with Crippen LogP contribution in [0, 0.1) is 34.5 Å². The molecule has 6 nitrogen and oxygen atoms in total. The van der Waals surface area contributed by atoms with Gasteiger partial charge in [-0.3, -0.25) is 9.59 Å². The van der Waals surface area contributed by atoms with Crippen LogP contribution in [0.1, 0.15) is 66.7 Å². The summed E-state index contributed by atoms with van der Waals surface area (Å²) in [4.78, 5) is 26.3. The molecule has 0 aromatic carbocycles. The van der Waals surface area contributed by atoms with Crippen molar-refractivity contribution in [2.45, 2.75) is 84.5 Å². The zero-order valence-corrected chi connectivity index (χ0v) is 19.9. The monoisotopic (exact) mass is 446 g/mol. The van der Waals surface area contributed by atoms with E-state index < -0.39 is 29.1 Å². The first-order valence-electron chi connectivity index (χ1n) is 12.1. The lowest BCUT2D eigenvalue weighted by atomic mass is 9.59. The Morgan fingerprint density at radius 2 is 1.91 bits per heavy atom. The summed E-state index contributed by atoms with van der Waals surface area (Å²) < 4.78 is 5.46. The topological polar surface area (TPSA) is 104 Å². The minimum absolute atomic E-state index is 0.0159. The van der Waals surface area contributed by atoms with Gasteiger partial charge < -0.3 is 20.1 Å². The van der Waals surface area contributed by atoms with E-state index in [0.717, 1.165) is 25.7 Å². The summed E-state index contributed by atoms with van der Waals surface area (Å²) in [5, 5.41) is 34.4. The average Bonchev–Trinajstić information content (AvgIpc) is 3.24. The van der Waals surface area contributed by atoms with E-state index >= 15 is 0 Å². The first kappa shape index (κ1) is 23.7. The lowest BCUT2D eigenvalue weighted by Gasteiger charge is -2.48. The quantitative estimate of drug-likeness (QED) is 0.329. The molecule has 8 atom stereocenters. The number of carbonyl (C=O) groups is 2. The summed E-state index contributed by atoms with van der Waals surface area (Å²) in [5.74, 6) is -0.802. The molecular formula is C26H38O6. The van der Waals surface area contributed by atoms with Gasteiger partial charge in [0.2, 0.25) is 0 Å². The standard InChI is InChI=1S/C26H38O6/c1-6-7-8-9-19(27)32-13-16-11-17-20-18(24(20,4)5)10-15(3)25(23(17)30)12-14(2)21(28)26(25,31)22(16)29/h11-12,15,17-18,20-22,28-29,31H,6-10,13H2,1-5H3/t15-,17+,18-,20+,21+,22-,25+,26-/m1/s1. The van der Waals surface area contributed by atoms with Gasteiger partial charge in [-0.05, 0) is 54.1 Å². The second kappa shape index (κ2) is 7.78. The Morgan fingerprint density at radius 1 is 1.22 bits per heavy atom. The molecule has 2 saturated carbocycles. The Labute approximate surface area is 190 Å². The van der Waals surface area contributed by atoms with Crippen LogP contribution in [0.3, 0.4) is 0 Å². The van der Waals surface area contributed by atoms with Gasteiger partial charge in [-0.1, -0.05) is 52.7 Å². The number of fused-ring (bicyclic) bond motifs is 3. The van der Waals surface area contributed by atoms with Gasteiger partial charge in [0.25, 0.3) is 0 Å². The van der Waals surface area contributed by atoms with Crippen LogP contribution in [0.2, 0.25) is 0 Å². The average molecular weight is 447 g/mol. The molecule has 2 bridgehead atoms. The molecule has 178 valence electrons. The Balaban J connectivity index is 1.73. The number of aliphatic hydroxyl groups excluding tert-OH is 2. The zero-order chi connectivity index (χ0) is 23.6. The number of aliphatic hydroxyl groups is 3. The molecule has 0 saturated heterocycles. The highest BCUT2D eigenvalue weighted by Crippen LogP contribution is 2.71. The first-order chi connectivity index (χ1) is 14.9. The maximum atomic E-state index is 14.1. The molecule has 0 heterocycles. The van der Waals surface area contributed by atoms with E-state index in [2.05, 4.69) is 20.8 Å². The fraction of sp³-hybridized carbons (Fsp3) is 0.769. The van der Waals surface area contributed by atoms with Crippen LogP contribution in [-0.2, 0) is 14.3 Å². The Bertz CT molecular complexity index is 872. The molecule has 0 aromatic rings. The van der Waals surface area contributed by atoms with Gasteiger partial charge in [0.15, 0.2) is 5.78 Å². The molecule has 0 radical (unpaired) electrons. The highest BCUT2D eigenvalue weighted by atomic mass is 16.5. The summed E-state index contributed by atoms with van der Waals surface area (Å²) in [6.45, 7) is 9.85. The third-order valence-electron chi connectivity index (χ3n) is 9.13. The number of ether oxygens (including phenoxy) is 1. The molecule has 2 fully saturated rings. The van der Waals surface area contributed by atoms with Crippen molar-refractivity contribution in [2.75, 3.05) is 6.61 Å². The molecule has 0 aliphatic heterocycles. The van der Waals surface area contributed by atoms with Crippen molar-refractivity contribution >= 4 is 11.8 Å². The lowest BCUT2D eigenvalue weighted by molar-refractivity contribution is -0.190. The van der Waals surface area contributed by atoms with E-state index in [1.54, 1.807) is 19.1 Å². The van der Waals surface area contributed by atoms with Gasteiger partial charge in [0.05, 0.1) is 5.41 Å². The molecule has 4 aliphatic carbocycles. The van der Waals surface area contributed by atoms with Crippen molar-refractivity contribution in [2.24, 2.45) is 34.5 Å². The molecule has 0 amide bonds. The van der Waals surface area contributed by atoms with Crippen LogP contribution >= 0.6 is 0 Å². The molecular weight excluding hydrogens is 408 g/mol. The van der Waals surface area contributed by atoms with E-state index in [1.807, 2.05) is 6.92 Å². The molecule has 0 aromatic heterocycles. The maximum Gasteiger partial charge on any atom is 0.306 e.